The number of aromatic nitrogens is 1. The molecule has 96 valence electrons. The number of nitrogens with zero attached hydrogens (tertiary/aromatic N) is 1. The van der Waals surface area contributed by atoms with Gasteiger partial charge >= 0.3 is 0 Å². The van der Waals surface area contributed by atoms with Gasteiger partial charge < -0.3 is 9.47 Å². The molecule has 1 aromatic carbocycles. The fourth-order valence-corrected chi connectivity index (χ4v) is 2.92. The van der Waals surface area contributed by atoms with Crippen LogP contribution in [0.5, 0.6) is 5.75 Å². The predicted molar refractivity (Wildman–Crippen MR) is 77.5 cm³/mol. The van der Waals surface area contributed by atoms with Crippen LogP contribution in [-0.4, -0.2) is 19.2 Å². The number of rotatable bonds is 5. The number of thiazole rings is 1. The maximum absolute atomic E-state index is 5.15. The lowest BCUT2D eigenvalue weighted by atomic mass is 10.2. The Labute approximate surface area is 116 Å². The van der Waals surface area contributed by atoms with Crippen molar-refractivity contribution in [1.29, 1.82) is 0 Å². The van der Waals surface area contributed by atoms with Gasteiger partial charge in [0.1, 0.15) is 10.8 Å². The van der Waals surface area contributed by atoms with E-state index in [1.807, 2.05) is 24.3 Å². The third-order valence-corrected chi connectivity index (χ3v) is 4.22. The SMILES string of the molecule is COCc1nc(-c2ccc(OC)cc2)sc1CS. The molecule has 2 rings (SSSR count). The zero-order valence-electron chi connectivity index (χ0n) is 10.3. The number of hydrogen-bond acceptors (Lipinski definition) is 5. The first-order valence-electron chi connectivity index (χ1n) is 5.51. The molecule has 18 heavy (non-hydrogen) atoms. The number of hydrogen-bond donors (Lipinski definition) is 1. The van der Waals surface area contributed by atoms with Crippen LogP contribution in [0.4, 0.5) is 0 Å². The van der Waals surface area contributed by atoms with Gasteiger partial charge in [-0.2, -0.15) is 12.6 Å². The van der Waals surface area contributed by atoms with Crippen LogP contribution in [0.25, 0.3) is 10.6 Å². The third-order valence-electron chi connectivity index (χ3n) is 2.54. The van der Waals surface area contributed by atoms with Gasteiger partial charge in [0.2, 0.25) is 0 Å². The Morgan fingerprint density at radius 3 is 2.50 bits per heavy atom. The van der Waals surface area contributed by atoms with Gasteiger partial charge in [-0.25, -0.2) is 4.98 Å². The molecule has 1 heterocycles. The fourth-order valence-electron chi connectivity index (χ4n) is 1.61. The van der Waals surface area contributed by atoms with E-state index in [2.05, 4.69) is 17.6 Å². The Morgan fingerprint density at radius 2 is 1.94 bits per heavy atom. The van der Waals surface area contributed by atoms with Crippen LogP contribution >= 0.6 is 24.0 Å². The smallest absolute Gasteiger partial charge is 0.124 e. The molecule has 2 aromatic rings. The molecule has 0 radical (unpaired) electrons. The van der Waals surface area contributed by atoms with E-state index in [1.54, 1.807) is 25.6 Å². The van der Waals surface area contributed by atoms with Gasteiger partial charge in [0.25, 0.3) is 0 Å². The van der Waals surface area contributed by atoms with Crippen molar-refractivity contribution >= 4 is 24.0 Å². The molecule has 1 aromatic heterocycles. The highest BCUT2D eigenvalue weighted by atomic mass is 32.1. The molecule has 0 atom stereocenters. The summed E-state index contributed by atoms with van der Waals surface area (Å²) in [6, 6.07) is 7.90. The summed E-state index contributed by atoms with van der Waals surface area (Å²) < 4.78 is 10.3. The second kappa shape index (κ2) is 6.22. The lowest BCUT2D eigenvalue weighted by Crippen LogP contribution is -1.91. The van der Waals surface area contributed by atoms with Crippen LogP contribution in [-0.2, 0) is 17.1 Å². The molecule has 0 bridgehead atoms. The highest BCUT2D eigenvalue weighted by Gasteiger charge is 2.11. The van der Waals surface area contributed by atoms with E-state index in [0.717, 1.165) is 26.9 Å². The molecule has 0 unspecified atom stereocenters. The molecule has 0 aliphatic heterocycles. The molecule has 0 N–H and O–H groups in total. The standard InChI is InChI=1S/C13H15NO2S2/c1-15-7-11-12(8-17)18-13(14-11)9-3-5-10(16-2)6-4-9/h3-6,17H,7-8H2,1-2H3. The highest BCUT2D eigenvalue weighted by molar-refractivity contribution is 7.79. The van der Waals surface area contributed by atoms with Gasteiger partial charge in [-0.1, -0.05) is 0 Å². The summed E-state index contributed by atoms with van der Waals surface area (Å²) in [5.41, 5.74) is 2.06. The van der Waals surface area contributed by atoms with Crippen molar-refractivity contribution in [2.24, 2.45) is 0 Å². The lowest BCUT2D eigenvalue weighted by Gasteiger charge is -2.00. The number of thiol groups is 1. The summed E-state index contributed by atoms with van der Waals surface area (Å²) in [5, 5.41) is 0.994. The zero-order valence-corrected chi connectivity index (χ0v) is 12.1. The maximum Gasteiger partial charge on any atom is 0.124 e. The van der Waals surface area contributed by atoms with Crippen LogP contribution in [0.15, 0.2) is 24.3 Å². The Kier molecular flexibility index (Phi) is 4.63. The van der Waals surface area contributed by atoms with Gasteiger partial charge in [-0.05, 0) is 24.3 Å². The van der Waals surface area contributed by atoms with Gasteiger partial charge in [0, 0.05) is 23.3 Å². The van der Waals surface area contributed by atoms with Crippen molar-refractivity contribution in [3.8, 4) is 16.3 Å². The van der Waals surface area contributed by atoms with Crippen LogP contribution in [0.1, 0.15) is 10.6 Å². The second-order valence-corrected chi connectivity index (χ2v) is 5.11. The Morgan fingerprint density at radius 1 is 1.22 bits per heavy atom. The summed E-state index contributed by atoms with van der Waals surface area (Å²) >= 11 is 5.98. The molecule has 5 heteroatoms. The molecule has 0 saturated carbocycles. The normalized spacial score (nSPS) is 10.6. The van der Waals surface area contributed by atoms with Crippen LogP contribution in [0, 0.1) is 0 Å². The maximum atomic E-state index is 5.15. The zero-order chi connectivity index (χ0) is 13.0. The first-order valence-corrected chi connectivity index (χ1v) is 6.96. The van der Waals surface area contributed by atoms with Crippen molar-refractivity contribution in [1.82, 2.24) is 4.98 Å². The monoisotopic (exact) mass is 281 g/mol. The first kappa shape index (κ1) is 13.4. The van der Waals surface area contributed by atoms with Gasteiger partial charge in [-0.15, -0.1) is 11.3 Å². The topological polar surface area (TPSA) is 31.4 Å². The third kappa shape index (κ3) is 2.85. The second-order valence-electron chi connectivity index (χ2n) is 3.71. The van der Waals surface area contributed by atoms with Crippen LogP contribution < -0.4 is 4.74 Å². The van der Waals surface area contributed by atoms with E-state index < -0.39 is 0 Å². The van der Waals surface area contributed by atoms with Crippen LogP contribution in [0.3, 0.4) is 0 Å². The molecule has 0 aliphatic carbocycles. The van der Waals surface area contributed by atoms with E-state index in [4.69, 9.17) is 9.47 Å². The van der Waals surface area contributed by atoms with Crippen molar-refractivity contribution in [3.05, 3.63) is 34.8 Å². The van der Waals surface area contributed by atoms with Crippen molar-refractivity contribution in [3.63, 3.8) is 0 Å². The van der Waals surface area contributed by atoms with Crippen molar-refractivity contribution in [2.75, 3.05) is 14.2 Å². The Hall–Kier alpha value is -1.04. The van der Waals surface area contributed by atoms with Gasteiger partial charge in [0.15, 0.2) is 0 Å². The predicted octanol–water partition coefficient (Wildman–Crippen LogP) is 3.39. The van der Waals surface area contributed by atoms with Gasteiger partial charge in [-0.3, -0.25) is 0 Å². The highest BCUT2D eigenvalue weighted by Crippen LogP contribution is 2.30. The summed E-state index contributed by atoms with van der Waals surface area (Å²) in [7, 11) is 3.34. The van der Waals surface area contributed by atoms with E-state index in [0.29, 0.717) is 12.4 Å². The number of benzene rings is 1. The summed E-state index contributed by atoms with van der Waals surface area (Å²) in [6.45, 7) is 0.530. The molecule has 0 spiro atoms. The summed E-state index contributed by atoms with van der Waals surface area (Å²) in [4.78, 5) is 5.76. The lowest BCUT2D eigenvalue weighted by molar-refractivity contribution is 0.181. The Bertz CT molecular complexity index is 508. The number of ether oxygens (including phenoxy) is 2. The molecular formula is C13H15NO2S2. The van der Waals surface area contributed by atoms with Crippen molar-refractivity contribution < 1.29 is 9.47 Å². The van der Waals surface area contributed by atoms with E-state index >= 15 is 0 Å². The molecule has 0 amide bonds. The average Bonchev–Trinajstić information content (AvgIpc) is 2.82. The molecule has 0 saturated heterocycles. The molecular weight excluding hydrogens is 266 g/mol. The minimum Gasteiger partial charge on any atom is -0.497 e. The fraction of sp³-hybridized carbons (Fsp3) is 0.308. The minimum atomic E-state index is 0.530. The molecule has 0 aliphatic rings. The largest absolute Gasteiger partial charge is 0.497 e. The van der Waals surface area contributed by atoms with Crippen LogP contribution in [0.2, 0.25) is 0 Å². The Balaban J connectivity index is 2.31. The van der Waals surface area contributed by atoms with E-state index in [1.165, 1.54) is 0 Å². The van der Waals surface area contributed by atoms with Gasteiger partial charge in [0.05, 0.1) is 19.4 Å². The van der Waals surface area contributed by atoms with Crippen molar-refractivity contribution in [2.45, 2.75) is 12.4 Å². The quantitative estimate of drug-likeness (QED) is 0.852. The summed E-state index contributed by atoms with van der Waals surface area (Å²) in [6.07, 6.45) is 0. The number of methoxy groups -OCH3 is 2. The van der Waals surface area contributed by atoms with E-state index in [9.17, 15) is 0 Å². The first-order chi connectivity index (χ1) is 8.78. The molecule has 3 nitrogen and oxygen atoms in total. The average molecular weight is 281 g/mol. The minimum absolute atomic E-state index is 0.530. The molecule has 0 fully saturated rings. The summed E-state index contributed by atoms with van der Waals surface area (Å²) in [5.74, 6) is 1.54. The van der Waals surface area contributed by atoms with E-state index in [-0.39, 0.29) is 0 Å².